The summed E-state index contributed by atoms with van der Waals surface area (Å²) in [6.45, 7) is 0.170. The van der Waals surface area contributed by atoms with Crippen molar-refractivity contribution in [2.75, 3.05) is 6.61 Å². The van der Waals surface area contributed by atoms with Gasteiger partial charge in [0.25, 0.3) is 0 Å². The fraction of sp³-hybridized carbons (Fsp3) is 0.600. The molecule has 1 fully saturated rings. The van der Waals surface area contributed by atoms with Crippen LogP contribution in [0.5, 0.6) is 0 Å². The molecule has 1 saturated carbocycles. The maximum Gasteiger partial charge on any atom is 0.0716 e. The normalized spacial score (nSPS) is 29.2. The lowest BCUT2D eigenvalue weighted by molar-refractivity contribution is -0.0287. The Bertz CT molecular complexity index is 336. The summed E-state index contributed by atoms with van der Waals surface area (Å²) in [4.78, 5) is 0. The molecule has 0 heterocycles. The first-order valence-electron chi connectivity index (χ1n) is 6.64. The third-order valence-electron chi connectivity index (χ3n) is 3.97. The topological polar surface area (TPSA) is 40.5 Å². The summed E-state index contributed by atoms with van der Waals surface area (Å²) in [5.41, 5.74) is 0.634. The Labute approximate surface area is 103 Å². The quantitative estimate of drug-likeness (QED) is 0.789. The van der Waals surface area contributed by atoms with E-state index in [-0.39, 0.29) is 12.5 Å². The highest BCUT2D eigenvalue weighted by atomic mass is 18.2. The van der Waals surface area contributed by atoms with Gasteiger partial charge in [0.2, 0.25) is 0 Å². The van der Waals surface area contributed by atoms with Crippen molar-refractivity contribution in [3.8, 4) is 0 Å². The molecule has 0 radical (unpaired) electrons. The Hall–Kier alpha value is -0.860. The summed E-state index contributed by atoms with van der Waals surface area (Å²) in [6, 6.07) is 10.3. The van der Waals surface area contributed by atoms with E-state index in [2.05, 4.69) is 12.1 Å². The highest BCUT2D eigenvalue weighted by Gasteiger charge is 2.38. The van der Waals surface area contributed by atoms with Gasteiger partial charge in [0, 0.05) is 12.5 Å². The van der Waals surface area contributed by atoms with Gasteiger partial charge in [0.05, 0.1) is 5.60 Å². The van der Waals surface area contributed by atoms with Crippen LogP contribution >= 0.6 is 0 Å². The molecule has 0 amide bonds. The largest absolute Gasteiger partial charge is 0.396 e. The summed E-state index contributed by atoms with van der Waals surface area (Å²) in [5, 5.41) is 19.8. The lowest BCUT2D eigenvalue weighted by Crippen LogP contribution is -2.39. The van der Waals surface area contributed by atoms with E-state index < -0.39 is 5.60 Å². The summed E-state index contributed by atoms with van der Waals surface area (Å²) in [7, 11) is 0. The monoisotopic (exact) mass is 236 g/mol. The van der Waals surface area contributed by atoms with Gasteiger partial charge in [-0.3, -0.25) is 0 Å². The third-order valence-corrected chi connectivity index (χ3v) is 3.97. The van der Waals surface area contributed by atoms with Crippen molar-refractivity contribution in [1.29, 1.82) is 0 Å². The molecule has 0 spiro atoms. The lowest BCUT2D eigenvalue weighted by atomic mass is 9.71. The number of hydrogen-bond donors (Lipinski definition) is 2. The van der Waals surface area contributed by atoms with Crippen LogP contribution in [0.15, 0.2) is 30.3 Å². The number of rotatable bonds is 4. The van der Waals surface area contributed by atoms with E-state index >= 15 is 0 Å². The van der Waals surface area contributed by atoms with Gasteiger partial charge in [-0.15, -0.1) is 0 Å². The molecule has 2 nitrogen and oxygen atoms in total. The minimum absolute atomic E-state index is 0.170. The van der Waals surface area contributed by atoms with Gasteiger partial charge in [0.15, 0.2) is 0 Å². The molecule has 0 unspecified atom stereocenters. The molecule has 1 aromatic carbocycles. The van der Waals surface area contributed by atoms with Crippen molar-refractivity contribution >= 4 is 0 Å². The van der Waals surface area contributed by atoms with Crippen LogP contribution in [-0.4, -0.2) is 22.4 Å². The van der Waals surface area contributed by atoms with Gasteiger partial charge < -0.3 is 10.2 Å². The van der Waals surface area contributed by atoms with Gasteiger partial charge in [-0.1, -0.05) is 43.2 Å². The molecule has 2 atom stereocenters. The van der Waals surface area contributed by atoms with Crippen LogP contribution in [0.3, 0.4) is 0 Å². The standard InChI is InChI=1S/C15H22O2/c16-12-6-11-15(17)10-5-4-9-14(15)13-7-2-1-3-8-13/h1-3,7-8,14,16-17H,4-6,9-12H2/t14-,15+/m1/s1/i17+2. The molecule has 1 aliphatic rings. The Morgan fingerprint density at radius 3 is 2.71 bits per heavy atom. The molecule has 0 bridgehead atoms. The first-order valence-corrected chi connectivity index (χ1v) is 6.64. The average Bonchev–Trinajstić information content (AvgIpc) is 2.38. The summed E-state index contributed by atoms with van der Waals surface area (Å²) in [6.07, 6.45) is 5.63. The zero-order valence-electron chi connectivity index (χ0n) is 10.3. The minimum atomic E-state index is -0.609. The number of aliphatic hydroxyl groups excluding tert-OH is 1. The maximum atomic E-state index is 10.8. The van der Waals surface area contributed by atoms with Gasteiger partial charge >= 0.3 is 0 Å². The van der Waals surface area contributed by atoms with Crippen molar-refractivity contribution in [2.45, 2.75) is 50.0 Å². The van der Waals surface area contributed by atoms with Crippen LogP contribution in [0.25, 0.3) is 0 Å². The van der Waals surface area contributed by atoms with E-state index in [9.17, 15) is 5.11 Å². The molecule has 1 aromatic rings. The molecule has 0 aliphatic heterocycles. The molecule has 1 aliphatic carbocycles. The fourth-order valence-corrected chi connectivity index (χ4v) is 3.07. The van der Waals surface area contributed by atoms with Crippen molar-refractivity contribution < 1.29 is 10.2 Å². The highest BCUT2D eigenvalue weighted by molar-refractivity contribution is 5.23. The molecule has 0 aromatic heterocycles. The van der Waals surface area contributed by atoms with Crippen molar-refractivity contribution in [3.05, 3.63) is 35.9 Å². The van der Waals surface area contributed by atoms with Crippen molar-refractivity contribution in [3.63, 3.8) is 0 Å². The van der Waals surface area contributed by atoms with Gasteiger partial charge in [0.1, 0.15) is 0 Å². The van der Waals surface area contributed by atoms with E-state index in [1.165, 1.54) is 12.0 Å². The van der Waals surface area contributed by atoms with E-state index in [1.54, 1.807) is 0 Å². The molecule has 2 heteroatoms. The number of aliphatic hydroxyl groups is 2. The molecule has 17 heavy (non-hydrogen) atoms. The van der Waals surface area contributed by atoms with Crippen LogP contribution in [0.2, 0.25) is 0 Å². The Kier molecular flexibility index (Phi) is 4.19. The second kappa shape index (κ2) is 5.65. The smallest absolute Gasteiger partial charge is 0.0716 e. The van der Waals surface area contributed by atoms with E-state index in [4.69, 9.17) is 5.11 Å². The first-order chi connectivity index (χ1) is 8.26. The summed E-state index contributed by atoms with van der Waals surface area (Å²) < 4.78 is 0. The number of benzene rings is 1. The molecule has 0 saturated heterocycles. The third kappa shape index (κ3) is 2.88. The molecule has 94 valence electrons. The fourth-order valence-electron chi connectivity index (χ4n) is 3.07. The van der Waals surface area contributed by atoms with Gasteiger partial charge in [-0.25, -0.2) is 0 Å². The zero-order chi connectivity index (χ0) is 12.1. The Morgan fingerprint density at radius 2 is 2.00 bits per heavy atom. The van der Waals surface area contributed by atoms with E-state index in [1.807, 2.05) is 18.2 Å². The van der Waals surface area contributed by atoms with Crippen LogP contribution in [-0.2, 0) is 0 Å². The average molecular weight is 236 g/mol. The Balaban J connectivity index is 2.17. The number of hydrogen-bond acceptors (Lipinski definition) is 2. The molecule has 2 N–H and O–H groups in total. The van der Waals surface area contributed by atoms with E-state index in [0.717, 1.165) is 19.3 Å². The van der Waals surface area contributed by atoms with Crippen LogP contribution < -0.4 is 0 Å². The van der Waals surface area contributed by atoms with Gasteiger partial charge in [-0.05, 0) is 31.2 Å². The second-order valence-electron chi connectivity index (χ2n) is 5.14. The Morgan fingerprint density at radius 1 is 1.24 bits per heavy atom. The molecular weight excluding hydrogens is 214 g/mol. The molecular formula is C15H22O2. The predicted octanol–water partition coefficient (Wildman–Crippen LogP) is 2.85. The maximum absolute atomic E-state index is 10.8. The van der Waals surface area contributed by atoms with Crippen LogP contribution in [0.4, 0.5) is 0 Å². The zero-order valence-corrected chi connectivity index (χ0v) is 10.3. The second-order valence-corrected chi connectivity index (χ2v) is 5.14. The van der Waals surface area contributed by atoms with Crippen LogP contribution in [0.1, 0.15) is 50.0 Å². The summed E-state index contributed by atoms with van der Waals surface area (Å²) >= 11 is 0. The van der Waals surface area contributed by atoms with E-state index in [0.29, 0.717) is 12.8 Å². The minimum Gasteiger partial charge on any atom is -0.396 e. The highest BCUT2D eigenvalue weighted by Crippen LogP contribution is 2.43. The summed E-state index contributed by atoms with van der Waals surface area (Å²) in [5.74, 6) is 0.240. The predicted molar refractivity (Wildman–Crippen MR) is 68.9 cm³/mol. The van der Waals surface area contributed by atoms with Crippen LogP contribution in [0, 0.1) is 0 Å². The van der Waals surface area contributed by atoms with Gasteiger partial charge in [-0.2, -0.15) is 0 Å². The first kappa shape index (κ1) is 12.6. The lowest BCUT2D eigenvalue weighted by Gasteiger charge is -2.40. The molecule has 2 rings (SSSR count). The van der Waals surface area contributed by atoms with Crippen molar-refractivity contribution in [2.24, 2.45) is 0 Å². The van der Waals surface area contributed by atoms with Crippen molar-refractivity contribution in [1.82, 2.24) is 0 Å². The SMILES string of the molecule is OCCC[C@@]1([18OH])CCCC[C@@H]1c1ccccc1.